The molecule has 3 aliphatic rings. The number of carboxylic acids is 2. The minimum Gasteiger partial charge on any atom is -0.494 e. The van der Waals surface area contributed by atoms with Crippen LogP contribution >= 0.6 is 0 Å². The number of aliphatic imine (C=N–C) groups is 1. The Morgan fingerprint density at radius 1 is 1.19 bits per heavy atom. The van der Waals surface area contributed by atoms with E-state index in [1.807, 2.05) is 13.0 Å². The Morgan fingerprint density at radius 2 is 1.94 bits per heavy atom. The molecule has 1 aliphatic heterocycles. The van der Waals surface area contributed by atoms with Gasteiger partial charge in [-0.2, -0.15) is 0 Å². The SMILES string of the molecule is CCOC1=C(OC)C=C2C(c3cnccn3)=N[C@@H]3CC[C@@H](O)CC3=C2C1.O=C(O)C(=O)O. The van der Waals surface area contributed by atoms with Crippen LogP contribution in [0, 0.1) is 0 Å². The molecule has 0 bridgehead atoms. The number of dihydropyridines is 1. The number of ether oxygens (including phenoxy) is 2. The van der Waals surface area contributed by atoms with Crippen LogP contribution < -0.4 is 0 Å². The predicted molar refractivity (Wildman–Crippen MR) is 113 cm³/mol. The summed E-state index contributed by atoms with van der Waals surface area (Å²) in [6, 6.07) is 0.0922. The highest BCUT2D eigenvalue weighted by Gasteiger charge is 2.36. The first-order valence-corrected chi connectivity index (χ1v) is 10.2. The summed E-state index contributed by atoms with van der Waals surface area (Å²) in [5.74, 6) is -2.09. The second-order valence-corrected chi connectivity index (χ2v) is 7.29. The first-order valence-electron chi connectivity index (χ1n) is 10.2. The maximum Gasteiger partial charge on any atom is 0.414 e. The van der Waals surface area contributed by atoms with Gasteiger partial charge in [-0.3, -0.25) is 15.0 Å². The number of fused-ring (bicyclic) bond motifs is 2. The van der Waals surface area contributed by atoms with Crippen molar-refractivity contribution in [2.45, 2.75) is 44.8 Å². The molecule has 3 N–H and O–H groups in total. The third-order valence-electron chi connectivity index (χ3n) is 5.30. The summed E-state index contributed by atoms with van der Waals surface area (Å²) < 4.78 is 11.4. The Bertz CT molecular complexity index is 1000. The molecule has 10 heteroatoms. The van der Waals surface area contributed by atoms with Crippen molar-refractivity contribution >= 4 is 17.7 Å². The van der Waals surface area contributed by atoms with Crippen LogP contribution in [0.15, 0.2) is 57.9 Å². The van der Waals surface area contributed by atoms with Gasteiger partial charge < -0.3 is 24.8 Å². The zero-order valence-corrected chi connectivity index (χ0v) is 17.8. The van der Waals surface area contributed by atoms with Crippen LogP contribution in [-0.2, 0) is 19.1 Å². The second kappa shape index (κ2) is 10.2. The molecule has 1 saturated carbocycles. The number of rotatable bonds is 4. The molecule has 1 aromatic heterocycles. The van der Waals surface area contributed by atoms with Crippen molar-refractivity contribution in [3.8, 4) is 0 Å². The number of aliphatic hydroxyl groups excluding tert-OH is 1. The zero-order chi connectivity index (χ0) is 23.3. The lowest BCUT2D eigenvalue weighted by Gasteiger charge is -2.36. The molecule has 0 spiro atoms. The Morgan fingerprint density at radius 3 is 2.53 bits per heavy atom. The normalized spacial score (nSPS) is 21.8. The van der Waals surface area contributed by atoms with Gasteiger partial charge in [0.2, 0.25) is 0 Å². The molecule has 0 amide bonds. The number of nitrogens with zero attached hydrogens (tertiary/aromatic N) is 3. The molecule has 2 aliphatic carbocycles. The molecule has 0 unspecified atom stereocenters. The first kappa shape index (κ1) is 23.1. The Kier molecular flexibility index (Phi) is 7.37. The fourth-order valence-electron chi connectivity index (χ4n) is 3.94. The molecular weight excluding hydrogens is 418 g/mol. The monoisotopic (exact) mass is 443 g/mol. The van der Waals surface area contributed by atoms with E-state index >= 15 is 0 Å². The lowest BCUT2D eigenvalue weighted by atomic mass is 9.76. The summed E-state index contributed by atoms with van der Waals surface area (Å²) in [6.07, 6.45) is 9.72. The van der Waals surface area contributed by atoms with E-state index in [4.69, 9.17) is 34.3 Å². The second-order valence-electron chi connectivity index (χ2n) is 7.29. The summed E-state index contributed by atoms with van der Waals surface area (Å²) in [5.41, 5.74) is 5.02. The van der Waals surface area contributed by atoms with Crippen LogP contribution in [0.4, 0.5) is 0 Å². The minimum absolute atomic E-state index is 0.0922. The van der Waals surface area contributed by atoms with Crippen molar-refractivity contribution < 1.29 is 34.4 Å². The third kappa shape index (κ3) is 5.02. The van der Waals surface area contributed by atoms with Crippen molar-refractivity contribution in [3.05, 3.63) is 58.6 Å². The molecule has 10 nitrogen and oxygen atoms in total. The van der Waals surface area contributed by atoms with Gasteiger partial charge in [-0.1, -0.05) is 0 Å². The van der Waals surface area contributed by atoms with Gasteiger partial charge in [0.25, 0.3) is 0 Å². The number of hydrogen-bond donors (Lipinski definition) is 3. The molecule has 32 heavy (non-hydrogen) atoms. The molecule has 0 saturated heterocycles. The average Bonchev–Trinajstić information content (AvgIpc) is 2.79. The minimum atomic E-state index is -1.82. The highest BCUT2D eigenvalue weighted by Crippen LogP contribution is 2.42. The van der Waals surface area contributed by atoms with E-state index in [9.17, 15) is 5.11 Å². The Hall–Kier alpha value is -3.53. The van der Waals surface area contributed by atoms with E-state index in [2.05, 4.69) is 9.97 Å². The van der Waals surface area contributed by atoms with Crippen LogP contribution in [0.5, 0.6) is 0 Å². The van der Waals surface area contributed by atoms with Gasteiger partial charge >= 0.3 is 11.9 Å². The summed E-state index contributed by atoms with van der Waals surface area (Å²) in [5, 5.41) is 25.0. The van der Waals surface area contributed by atoms with Gasteiger partial charge in [-0.15, -0.1) is 0 Å². The molecule has 4 rings (SSSR count). The number of methoxy groups -OCH3 is 1. The molecule has 0 aromatic carbocycles. The van der Waals surface area contributed by atoms with E-state index in [1.54, 1.807) is 25.7 Å². The van der Waals surface area contributed by atoms with Crippen LogP contribution in [0.25, 0.3) is 0 Å². The van der Waals surface area contributed by atoms with E-state index in [-0.39, 0.29) is 12.1 Å². The lowest BCUT2D eigenvalue weighted by Crippen LogP contribution is -2.32. The summed E-state index contributed by atoms with van der Waals surface area (Å²) in [7, 11) is 1.65. The van der Waals surface area contributed by atoms with E-state index in [0.29, 0.717) is 19.4 Å². The Balaban J connectivity index is 0.000000427. The summed E-state index contributed by atoms with van der Waals surface area (Å²) in [6.45, 7) is 2.56. The number of carboxylic acid groups (broad SMARTS) is 2. The van der Waals surface area contributed by atoms with Crippen LogP contribution in [0.2, 0.25) is 0 Å². The molecule has 1 fully saturated rings. The highest BCUT2D eigenvalue weighted by atomic mass is 16.5. The lowest BCUT2D eigenvalue weighted by molar-refractivity contribution is -0.159. The standard InChI is InChI=1S/C20H23N3O3.C2H2O4/c1-3-26-19-9-13-14-8-12(24)4-5-16(14)23-20(15(13)10-18(19)25-2)17-11-21-6-7-22-17;3-1(4)2(5)6/h6-7,10-12,16,24H,3-5,8-9H2,1-2H3;(H,3,4)(H,5,6)/t12-,16-;/m1./s1. The van der Waals surface area contributed by atoms with Crippen molar-refractivity contribution in [3.63, 3.8) is 0 Å². The number of aromatic nitrogens is 2. The van der Waals surface area contributed by atoms with E-state index in [0.717, 1.165) is 41.3 Å². The molecular formula is C22H25N3O7. The largest absolute Gasteiger partial charge is 0.494 e. The van der Waals surface area contributed by atoms with E-state index < -0.39 is 11.9 Å². The van der Waals surface area contributed by atoms with Gasteiger partial charge in [0.05, 0.1) is 37.8 Å². The topological polar surface area (TPSA) is 151 Å². The fourth-order valence-corrected chi connectivity index (χ4v) is 3.94. The smallest absolute Gasteiger partial charge is 0.414 e. The van der Waals surface area contributed by atoms with Gasteiger partial charge in [-0.05, 0) is 43.4 Å². The van der Waals surface area contributed by atoms with Crippen molar-refractivity contribution in [1.82, 2.24) is 9.97 Å². The zero-order valence-electron chi connectivity index (χ0n) is 17.8. The average molecular weight is 443 g/mol. The third-order valence-corrected chi connectivity index (χ3v) is 5.30. The number of aliphatic hydroxyl groups is 1. The quantitative estimate of drug-likeness (QED) is 0.592. The van der Waals surface area contributed by atoms with Crippen LogP contribution in [0.1, 0.15) is 38.3 Å². The first-order chi connectivity index (χ1) is 15.3. The van der Waals surface area contributed by atoms with Crippen LogP contribution in [-0.4, -0.2) is 68.8 Å². The maximum absolute atomic E-state index is 10.2. The number of carbonyl (C=O) groups is 2. The van der Waals surface area contributed by atoms with Gasteiger partial charge in [0, 0.05) is 24.4 Å². The summed E-state index contributed by atoms with van der Waals surface area (Å²) in [4.78, 5) is 31.9. The molecule has 2 atom stereocenters. The van der Waals surface area contributed by atoms with Gasteiger partial charge in [0.1, 0.15) is 11.5 Å². The van der Waals surface area contributed by atoms with Crippen molar-refractivity contribution in [2.75, 3.05) is 13.7 Å². The number of allylic oxidation sites excluding steroid dienone is 3. The van der Waals surface area contributed by atoms with Crippen molar-refractivity contribution in [1.29, 1.82) is 0 Å². The van der Waals surface area contributed by atoms with E-state index in [1.165, 1.54) is 11.1 Å². The van der Waals surface area contributed by atoms with Gasteiger partial charge in [0.15, 0.2) is 5.76 Å². The number of aliphatic carboxylic acids is 2. The predicted octanol–water partition coefficient (Wildman–Crippen LogP) is 1.87. The molecule has 1 aromatic rings. The maximum atomic E-state index is 10.2. The Labute approximate surface area is 184 Å². The highest BCUT2D eigenvalue weighted by molar-refractivity contribution is 6.27. The van der Waals surface area contributed by atoms with Crippen LogP contribution in [0.3, 0.4) is 0 Å². The molecule has 170 valence electrons. The molecule has 0 radical (unpaired) electrons. The fraction of sp³-hybridized carbons (Fsp3) is 0.409. The summed E-state index contributed by atoms with van der Waals surface area (Å²) >= 11 is 0. The molecule has 2 heterocycles. The van der Waals surface area contributed by atoms with Gasteiger partial charge in [-0.25, -0.2) is 9.59 Å². The van der Waals surface area contributed by atoms with Crippen molar-refractivity contribution in [2.24, 2.45) is 4.99 Å². The number of hydrogen-bond acceptors (Lipinski definition) is 8.